The van der Waals surface area contributed by atoms with Gasteiger partial charge in [0.15, 0.2) is 0 Å². The molecule has 1 spiro atoms. The summed E-state index contributed by atoms with van der Waals surface area (Å²) in [5.74, 6) is -3.02. The summed E-state index contributed by atoms with van der Waals surface area (Å²) in [5.41, 5.74) is 4.72. The van der Waals surface area contributed by atoms with Crippen molar-refractivity contribution in [3.8, 4) is 0 Å². The van der Waals surface area contributed by atoms with E-state index in [0.717, 1.165) is 27.6 Å². The number of alkyl halides is 2. The monoisotopic (exact) mass is 496 g/mol. The first kappa shape index (κ1) is 24.4. The molecular weight excluding hydrogens is 466 g/mol. The molecule has 1 atom stereocenters. The number of hydrogen-bond donors (Lipinski definition) is 1. The Kier molecular flexibility index (Phi) is 5.90. The number of likely N-dealkylation sites (tertiary alicyclic amines) is 1. The molecule has 0 radical (unpaired) electrons. The third-order valence-electron chi connectivity index (χ3n) is 8.04. The maximum absolute atomic E-state index is 13.9. The molecule has 1 saturated carbocycles. The number of carboxylic acid groups (broad SMARTS) is 1. The highest BCUT2D eigenvalue weighted by atomic mass is 19.3. The molecule has 8 heteroatoms. The van der Waals surface area contributed by atoms with E-state index in [1.807, 2.05) is 38.1 Å². The van der Waals surface area contributed by atoms with Crippen LogP contribution in [0.15, 0.2) is 42.6 Å². The topological polar surface area (TPSA) is 71.8 Å². The number of carbonyl (C=O) groups is 2. The second kappa shape index (κ2) is 8.69. The minimum Gasteiger partial charge on any atom is -0.465 e. The van der Waals surface area contributed by atoms with Crippen molar-refractivity contribution in [3.05, 3.63) is 70.4 Å². The number of benzene rings is 2. The molecule has 1 aliphatic carbocycles. The van der Waals surface area contributed by atoms with Gasteiger partial charge >= 0.3 is 12.1 Å². The van der Waals surface area contributed by atoms with Gasteiger partial charge in [0.1, 0.15) is 0 Å². The largest absolute Gasteiger partial charge is 0.465 e. The van der Waals surface area contributed by atoms with Crippen LogP contribution in [0.3, 0.4) is 0 Å². The predicted molar refractivity (Wildman–Crippen MR) is 132 cm³/mol. The van der Waals surface area contributed by atoms with E-state index >= 15 is 0 Å². The molecule has 2 heterocycles. The maximum atomic E-state index is 13.9. The molecule has 1 aromatic heterocycles. The number of ether oxygens (including phenoxy) is 1. The first-order chi connectivity index (χ1) is 17.0. The number of piperidine rings is 1. The van der Waals surface area contributed by atoms with Gasteiger partial charge in [-0.15, -0.1) is 0 Å². The van der Waals surface area contributed by atoms with Crippen molar-refractivity contribution in [3.63, 3.8) is 0 Å². The lowest BCUT2D eigenvalue weighted by Gasteiger charge is -2.54. The lowest BCUT2D eigenvalue weighted by Crippen LogP contribution is -2.53. The fourth-order valence-corrected chi connectivity index (χ4v) is 6.36. The normalized spacial score (nSPS) is 20.9. The van der Waals surface area contributed by atoms with Gasteiger partial charge in [-0.25, -0.2) is 18.4 Å². The van der Waals surface area contributed by atoms with E-state index in [4.69, 9.17) is 4.74 Å². The summed E-state index contributed by atoms with van der Waals surface area (Å²) in [6, 6.07) is 11.0. The summed E-state index contributed by atoms with van der Waals surface area (Å²) in [4.78, 5) is 26.0. The lowest BCUT2D eigenvalue weighted by atomic mass is 9.59. The van der Waals surface area contributed by atoms with Crippen molar-refractivity contribution < 1.29 is 28.2 Å². The van der Waals surface area contributed by atoms with Crippen LogP contribution in [0.5, 0.6) is 0 Å². The zero-order chi connectivity index (χ0) is 25.8. The molecular formula is C28H30F2N2O4. The summed E-state index contributed by atoms with van der Waals surface area (Å²) >= 11 is 0. The SMILES string of the molecule is COC(=O)c1ccc(C2CC3(CCN2Cc2c(C)cc(C)c4c2ccn4C(=O)O)CC(F)(F)C3)cc1. The van der Waals surface area contributed by atoms with Gasteiger partial charge in [0, 0.05) is 37.0 Å². The Morgan fingerprint density at radius 1 is 1.11 bits per heavy atom. The molecule has 5 rings (SSSR count). The summed E-state index contributed by atoms with van der Waals surface area (Å²) in [7, 11) is 1.34. The first-order valence-electron chi connectivity index (χ1n) is 12.2. The number of nitrogens with zero attached hydrogens (tertiary/aromatic N) is 2. The number of esters is 1. The number of rotatable bonds is 4. The van der Waals surface area contributed by atoms with E-state index in [0.29, 0.717) is 37.0 Å². The van der Waals surface area contributed by atoms with Crippen LogP contribution >= 0.6 is 0 Å². The van der Waals surface area contributed by atoms with Gasteiger partial charge < -0.3 is 9.84 Å². The van der Waals surface area contributed by atoms with Gasteiger partial charge in [-0.05, 0) is 79.1 Å². The molecule has 2 fully saturated rings. The average molecular weight is 497 g/mol. The molecule has 6 nitrogen and oxygen atoms in total. The van der Waals surface area contributed by atoms with Gasteiger partial charge in [0.2, 0.25) is 5.92 Å². The molecule has 0 amide bonds. The van der Waals surface area contributed by atoms with Gasteiger partial charge in [0.25, 0.3) is 0 Å². The third kappa shape index (κ3) is 4.17. The van der Waals surface area contributed by atoms with Crippen molar-refractivity contribution in [2.45, 2.75) is 58.0 Å². The quantitative estimate of drug-likeness (QED) is 0.428. The second-order valence-corrected chi connectivity index (χ2v) is 10.5. The highest BCUT2D eigenvalue weighted by Gasteiger charge is 2.58. The molecule has 3 aromatic rings. The van der Waals surface area contributed by atoms with Crippen LogP contribution in [0.25, 0.3) is 10.9 Å². The Hall–Kier alpha value is -3.26. The average Bonchev–Trinajstić information content (AvgIpc) is 3.27. The van der Waals surface area contributed by atoms with Crippen LogP contribution in [0.2, 0.25) is 0 Å². The van der Waals surface area contributed by atoms with Crippen LogP contribution in [-0.2, 0) is 11.3 Å². The minimum absolute atomic E-state index is 0.0835. The molecule has 0 bridgehead atoms. The predicted octanol–water partition coefficient (Wildman–Crippen LogP) is 6.32. The van der Waals surface area contributed by atoms with Gasteiger partial charge in [-0.2, -0.15) is 0 Å². The molecule has 2 aliphatic rings. The van der Waals surface area contributed by atoms with Crippen LogP contribution in [0.1, 0.15) is 64.3 Å². The second-order valence-electron chi connectivity index (χ2n) is 10.5. The third-order valence-corrected chi connectivity index (χ3v) is 8.04. The first-order valence-corrected chi connectivity index (χ1v) is 12.2. The number of methoxy groups -OCH3 is 1. The molecule has 2 aromatic carbocycles. The number of aryl methyl sites for hydroxylation is 2. The highest BCUT2D eigenvalue weighted by Crippen LogP contribution is 2.60. The highest BCUT2D eigenvalue weighted by molar-refractivity contribution is 5.93. The Balaban J connectivity index is 1.51. The summed E-state index contributed by atoms with van der Waals surface area (Å²) in [6.45, 7) is 5.17. The molecule has 1 saturated heterocycles. The van der Waals surface area contributed by atoms with E-state index in [9.17, 15) is 23.5 Å². The minimum atomic E-state index is -2.60. The van der Waals surface area contributed by atoms with Crippen LogP contribution in [-0.4, -0.2) is 46.2 Å². The van der Waals surface area contributed by atoms with E-state index in [1.54, 1.807) is 18.3 Å². The lowest BCUT2D eigenvalue weighted by molar-refractivity contribution is -0.186. The van der Waals surface area contributed by atoms with Crippen molar-refractivity contribution in [2.75, 3.05) is 13.7 Å². The Labute approximate surface area is 208 Å². The molecule has 1 aliphatic heterocycles. The molecule has 1 N–H and O–H groups in total. The number of aromatic nitrogens is 1. The molecule has 1 unspecified atom stereocenters. The van der Waals surface area contributed by atoms with E-state index in [2.05, 4.69) is 4.90 Å². The fourth-order valence-electron chi connectivity index (χ4n) is 6.36. The van der Waals surface area contributed by atoms with Crippen LogP contribution < -0.4 is 0 Å². The fraction of sp³-hybridized carbons (Fsp3) is 0.429. The standard InChI is InChI=1S/C28H30F2N2O4/c1-17-12-18(2)24-21(8-10-32(24)26(34)35)22(17)14-31-11-9-27(15-28(29,30)16-27)13-23(31)19-4-6-20(7-5-19)25(33)36-3/h4-8,10,12,23H,9,11,13-16H2,1-3H3,(H,34,35). The number of fused-ring (bicyclic) bond motifs is 1. The number of carbonyl (C=O) groups excluding carboxylic acids is 1. The van der Waals surface area contributed by atoms with E-state index in [1.165, 1.54) is 11.7 Å². The Morgan fingerprint density at radius 2 is 1.81 bits per heavy atom. The van der Waals surface area contributed by atoms with Crippen molar-refractivity contribution in [1.82, 2.24) is 9.47 Å². The smallest absolute Gasteiger partial charge is 0.416 e. The Bertz CT molecular complexity index is 1340. The maximum Gasteiger partial charge on any atom is 0.416 e. The molecule has 36 heavy (non-hydrogen) atoms. The van der Waals surface area contributed by atoms with Crippen molar-refractivity contribution in [1.29, 1.82) is 0 Å². The zero-order valence-electron chi connectivity index (χ0n) is 20.7. The van der Waals surface area contributed by atoms with Crippen LogP contribution in [0.4, 0.5) is 13.6 Å². The Morgan fingerprint density at radius 3 is 2.42 bits per heavy atom. The number of hydrogen-bond acceptors (Lipinski definition) is 4. The van der Waals surface area contributed by atoms with Crippen molar-refractivity contribution in [2.24, 2.45) is 5.41 Å². The summed E-state index contributed by atoms with van der Waals surface area (Å²) < 4.78 is 33.9. The zero-order valence-corrected chi connectivity index (χ0v) is 20.7. The summed E-state index contributed by atoms with van der Waals surface area (Å²) in [5, 5.41) is 10.5. The van der Waals surface area contributed by atoms with E-state index < -0.39 is 18.0 Å². The molecule has 190 valence electrons. The van der Waals surface area contributed by atoms with Crippen molar-refractivity contribution >= 4 is 23.0 Å². The van der Waals surface area contributed by atoms with E-state index in [-0.39, 0.29) is 24.3 Å². The van der Waals surface area contributed by atoms with Gasteiger partial charge in [0.05, 0.1) is 18.2 Å². The summed E-state index contributed by atoms with van der Waals surface area (Å²) in [6.07, 6.45) is 1.69. The number of halogens is 2. The van der Waals surface area contributed by atoms with Gasteiger partial charge in [-0.1, -0.05) is 18.2 Å². The van der Waals surface area contributed by atoms with Crippen LogP contribution in [0, 0.1) is 19.3 Å². The van der Waals surface area contributed by atoms with Gasteiger partial charge in [-0.3, -0.25) is 9.47 Å².